The predicted molar refractivity (Wildman–Crippen MR) is 79.9 cm³/mol. The van der Waals surface area contributed by atoms with E-state index in [1.807, 2.05) is 20.8 Å². The Balaban J connectivity index is 2.61. The van der Waals surface area contributed by atoms with Gasteiger partial charge >= 0.3 is 5.97 Å². The van der Waals surface area contributed by atoms with E-state index < -0.39 is 40.3 Å². The number of hydrogen-bond acceptors (Lipinski definition) is 5. The van der Waals surface area contributed by atoms with Crippen molar-refractivity contribution in [3.05, 3.63) is 0 Å². The highest BCUT2D eigenvalue weighted by molar-refractivity contribution is 5.69. The lowest BCUT2D eigenvalue weighted by molar-refractivity contribution is -0.204. The van der Waals surface area contributed by atoms with E-state index in [-0.39, 0.29) is 5.92 Å². The summed E-state index contributed by atoms with van der Waals surface area (Å²) in [5, 5.41) is 11.5. The summed E-state index contributed by atoms with van der Waals surface area (Å²) in [7, 11) is 0. The summed E-state index contributed by atoms with van der Waals surface area (Å²) < 4.78 is 5.48. The number of aldehydes is 2. The van der Waals surface area contributed by atoms with Gasteiger partial charge in [0, 0.05) is 18.8 Å². The quantitative estimate of drug-likeness (QED) is 0.634. The van der Waals surface area contributed by atoms with Crippen molar-refractivity contribution in [1.82, 2.24) is 0 Å². The molecule has 0 radical (unpaired) electrons. The fourth-order valence-electron chi connectivity index (χ4n) is 5.31. The van der Waals surface area contributed by atoms with E-state index in [1.54, 1.807) is 6.92 Å². The summed E-state index contributed by atoms with van der Waals surface area (Å²) in [4.78, 5) is 34.9. The summed E-state index contributed by atoms with van der Waals surface area (Å²) in [6.45, 7) is 8.84. The van der Waals surface area contributed by atoms with E-state index >= 15 is 0 Å². The van der Waals surface area contributed by atoms with Crippen LogP contribution in [0.4, 0.5) is 0 Å². The molecule has 5 nitrogen and oxygen atoms in total. The van der Waals surface area contributed by atoms with Gasteiger partial charge in [-0.15, -0.1) is 0 Å². The summed E-state index contributed by atoms with van der Waals surface area (Å²) in [5.41, 5.74) is -2.93. The van der Waals surface area contributed by atoms with Crippen LogP contribution in [-0.4, -0.2) is 35.4 Å². The highest BCUT2D eigenvalue weighted by atomic mass is 16.5. The summed E-state index contributed by atoms with van der Waals surface area (Å²) in [6, 6.07) is 0. The Bertz CT molecular complexity index is 499. The Morgan fingerprint density at radius 1 is 1.27 bits per heavy atom. The molecule has 0 aliphatic heterocycles. The monoisotopic (exact) mass is 310 g/mol. The van der Waals surface area contributed by atoms with Crippen molar-refractivity contribution in [2.24, 2.45) is 28.6 Å². The number of aliphatic hydroxyl groups is 1. The Morgan fingerprint density at radius 3 is 2.32 bits per heavy atom. The molecule has 0 aromatic heterocycles. The van der Waals surface area contributed by atoms with Gasteiger partial charge in [0.1, 0.15) is 18.7 Å². The molecule has 0 amide bonds. The predicted octanol–water partition coefficient (Wildman–Crippen LogP) is 1.76. The maximum Gasteiger partial charge on any atom is 0.302 e. The van der Waals surface area contributed by atoms with Crippen LogP contribution in [0.25, 0.3) is 0 Å². The van der Waals surface area contributed by atoms with Crippen molar-refractivity contribution < 1.29 is 24.2 Å². The molecule has 0 heterocycles. The third kappa shape index (κ3) is 2.13. The normalized spacial score (nSPS) is 46.6. The topological polar surface area (TPSA) is 80.7 Å². The first-order valence-corrected chi connectivity index (χ1v) is 7.84. The molecular formula is C17H26O5. The van der Waals surface area contributed by atoms with Gasteiger partial charge in [0.05, 0.1) is 11.0 Å². The van der Waals surface area contributed by atoms with Crippen molar-refractivity contribution in [2.45, 2.75) is 59.2 Å². The Labute approximate surface area is 131 Å². The number of carbonyl (C=O) groups excluding carboxylic acids is 3. The van der Waals surface area contributed by atoms with E-state index in [4.69, 9.17) is 4.74 Å². The maximum absolute atomic E-state index is 11.8. The molecule has 2 rings (SSSR count). The van der Waals surface area contributed by atoms with E-state index in [0.29, 0.717) is 12.8 Å². The number of rotatable bonds is 3. The van der Waals surface area contributed by atoms with E-state index in [9.17, 15) is 19.5 Å². The Hall–Kier alpha value is -1.23. The lowest BCUT2D eigenvalue weighted by Gasteiger charge is -2.53. The minimum atomic E-state index is -1.49. The van der Waals surface area contributed by atoms with Crippen molar-refractivity contribution >= 4 is 18.5 Å². The standard InChI is InChI=1S/C17H26O5/c1-10-6-13(22-11(2)20)14-15(3,4)8-16(5,9-19)17(14,21)12(10)7-18/h7,9-10,12-14,21H,6,8H2,1-5H3/t10-,12-,13+,14+,16+,17+/m1/s1. The van der Waals surface area contributed by atoms with Crippen molar-refractivity contribution in [2.75, 3.05) is 0 Å². The van der Waals surface area contributed by atoms with Crippen molar-refractivity contribution in [3.8, 4) is 0 Å². The lowest BCUT2D eigenvalue weighted by Crippen LogP contribution is -2.63. The van der Waals surface area contributed by atoms with Gasteiger partial charge in [-0.25, -0.2) is 0 Å². The number of ether oxygens (including phenoxy) is 1. The van der Waals surface area contributed by atoms with Crippen LogP contribution in [0.15, 0.2) is 0 Å². The Morgan fingerprint density at radius 2 is 1.86 bits per heavy atom. The number of hydrogen-bond donors (Lipinski definition) is 1. The van der Waals surface area contributed by atoms with Crippen LogP contribution in [0.1, 0.15) is 47.5 Å². The Kier molecular flexibility index (Phi) is 4.01. The summed E-state index contributed by atoms with van der Waals surface area (Å²) >= 11 is 0. The lowest BCUT2D eigenvalue weighted by atomic mass is 9.56. The van der Waals surface area contributed by atoms with Gasteiger partial charge in [-0.05, 0) is 24.2 Å². The van der Waals surface area contributed by atoms with Gasteiger partial charge in [0.15, 0.2) is 0 Å². The molecule has 0 unspecified atom stereocenters. The molecule has 2 fully saturated rings. The van der Waals surface area contributed by atoms with Gasteiger partial charge in [-0.2, -0.15) is 0 Å². The van der Waals surface area contributed by atoms with Crippen LogP contribution in [0.5, 0.6) is 0 Å². The molecule has 2 saturated carbocycles. The number of esters is 1. The largest absolute Gasteiger partial charge is 0.462 e. The second-order valence-electron chi connectivity index (χ2n) is 8.03. The van der Waals surface area contributed by atoms with Crippen LogP contribution in [0.2, 0.25) is 0 Å². The average molecular weight is 310 g/mol. The van der Waals surface area contributed by atoms with Gasteiger partial charge in [0.2, 0.25) is 0 Å². The summed E-state index contributed by atoms with van der Waals surface area (Å²) in [6.07, 6.45) is 2.04. The van der Waals surface area contributed by atoms with Crippen molar-refractivity contribution in [1.29, 1.82) is 0 Å². The van der Waals surface area contributed by atoms with E-state index in [1.165, 1.54) is 6.92 Å². The molecule has 0 bridgehead atoms. The third-order valence-electron chi connectivity index (χ3n) is 5.87. The van der Waals surface area contributed by atoms with Crippen LogP contribution < -0.4 is 0 Å². The fourth-order valence-corrected chi connectivity index (χ4v) is 5.31. The minimum Gasteiger partial charge on any atom is -0.462 e. The van der Waals surface area contributed by atoms with Gasteiger partial charge < -0.3 is 19.4 Å². The molecule has 0 aromatic rings. The van der Waals surface area contributed by atoms with Crippen molar-refractivity contribution in [3.63, 3.8) is 0 Å². The third-order valence-corrected chi connectivity index (χ3v) is 5.87. The molecule has 124 valence electrons. The molecule has 0 saturated heterocycles. The highest BCUT2D eigenvalue weighted by Gasteiger charge is 2.72. The molecular weight excluding hydrogens is 284 g/mol. The van der Waals surface area contributed by atoms with E-state index in [2.05, 4.69) is 0 Å². The molecule has 5 heteroatoms. The summed E-state index contributed by atoms with van der Waals surface area (Å²) in [5.74, 6) is -1.64. The smallest absolute Gasteiger partial charge is 0.302 e. The van der Waals surface area contributed by atoms with Gasteiger partial charge in [-0.3, -0.25) is 4.79 Å². The zero-order chi connectivity index (χ0) is 16.9. The first-order valence-electron chi connectivity index (χ1n) is 7.84. The molecule has 22 heavy (non-hydrogen) atoms. The van der Waals surface area contributed by atoms with Crippen LogP contribution in [0.3, 0.4) is 0 Å². The van der Waals surface area contributed by atoms with Gasteiger partial charge in [0.25, 0.3) is 0 Å². The second-order valence-corrected chi connectivity index (χ2v) is 8.03. The SMILES string of the molecule is CC(=O)O[C@H]1C[C@@H](C)[C@@H](C=O)[C@]2(O)[C@@H]1C(C)(C)C[C@@]2(C)C=O. The zero-order valence-electron chi connectivity index (χ0n) is 14.0. The number of carbonyl (C=O) groups is 3. The second kappa shape index (κ2) is 5.15. The van der Waals surface area contributed by atoms with Gasteiger partial charge in [-0.1, -0.05) is 27.7 Å². The maximum atomic E-state index is 11.8. The van der Waals surface area contributed by atoms with Crippen LogP contribution in [-0.2, 0) is 19.1 Å². The van der Waals surface area contributed by atoms with E-state index in [0.717, 1.165) is 12.6 Å². The molecule has 0 aromatic carbocycles. The zero-order valence-corrected chi connectivity index (χ0v) is 14.0. The molecule has 2 aliphatic rings. The first kappa shape index (κ1) is 17.1. The average Bonchev–Trinajstić information content (AvgIpc) is 2.52. The van der Waals surface area contributed by atoms with Crippen LogP contribution in [0, 0.1) is 28.6 Å². The molecule has 2 aliphatic carbocycles. The molecule has 1 N–H and O–H groups in total. The number of fused-ring (bicyclic) bond motifs is 1. The molecule has 6 atom stereocenters. The first-order chi connectivity index (χ1) is 10.0. The highest BCUT2D eigenvalue weighted by Crippen LogP contribution is 2.65. The van der Waals surface area contributed by atoms with Crippen LogP contribution >= 0.6 is 0 Å². The fraction of sp³-hybridized carbons (Fsp3) is 0.824. The molecule has 0 spiro atoms. The minimum absolute atomic E-state index is 0.156.